The van der Waals surface area contributed by atoms with E-state index in [-0.39, 0.29) is 11.2 Å². The zero-order valence-electron chi connectivity index (χ0n) is 16.2. The summed E-state index contributed by atoms with van der Waals surface area (Å²) in [6, 6.07) is 17.3. The second kappa shape index (κ2) is 9.26. The van der Waals surface area contributed by atoms with Crippen LogP contribution >= 0.6 is 23.4 Å². The number of nitrogens with zero attached hydrogens (tertiary/aromatic N) is 4. The van der Waals surface area contributed by atoms with E-state index < -0.39 is 0 Å². The summed E-state index contributed by atoms with van der Waals surface area (Å²) in [6.07, 6.45) is 0. The smallest absolute Gasteiger partial charge is 0.240 e. The molecule has 7 heteroatoms. The third-order valence-electron chi connectivity index (χ3n) is 4.40. The molecule has 28 heavy (non-hydrogen) atoms. The van der Waals surface area contributed by atoms with Crippen molar-refractivity contribution in [3.05, 3.63) is 59.6 Å². The van der Waals surface area contributed by atoms with Crippen LogP contribution in [0.15, 0.2) is 59.8 Å². The van der Waals surface area contributed by atoms with Gasteiger partial charge in [-0.15, -0.1) is 10.2 Å². The number of aromatic nitrogens is 3. The van der Waals surface area contributed by atoms with Crippen molar-refractivity contribution in [2.24, 2.45) is 0 Å². The third kappa shape index (κ3) is 4.39. The zero-order valence-corrected chi connectivity index (χ0v) is 17.7. The number of thioether (sulfide) groups is 1. The molecule has 146 valence electrons. The van der Waals surface area contributed by atoms with Crippen LogP contribution in [-0.2, 0) is 11.3 Å². The Balaban J connectivity index is 1.82. The van der Waals surface area contributed by atoms with Gasteiger partial charge in [0.2, 0.25) is 5.91 Å². The fourth-order valence-corrected chi connectivity index (χ4v) is 4.17. The SMILES string of the molecule is CCN(C(=O)C(C)Sc1nnc(-c2cccc(Cl)c2)n1CC)c1ccccc1. The number of halogens is 1. The van der Waals surface area contributed by atoms with E-state index in [9.17, 15) is 4.79 Å². The van der Waals surface area contributed by atoms with Gasteiger partial charge in [-0.3, -0.25) is 4.79 Å². The van der Waals surface area contributed by atoms with Crippen molar-refractivity contribution >= 4 is 35.0 Å². The molecule has 3 rings (SSSR count). The fraction of sp³-hybridized carbons (Fsp3) is 0.286. The average molecular weight is 415 g/mol. The molecule has 1 aromatic heterocycles. The van der Waals surface area contributed by atoms with E-state index in [0.717, 1.165) is 22.2 Å². The first-order chi connectivity index (χ1) is 13.5. The highest BCUT2D eigenvalue weighted by Gasteiger charge is 2.24. The van der Waals surface area contributed by atoms with Gasteiger partial charge < -0.3 is 9.47 Å². The lowest BCUT2D eigenvalue weighted by Gasteiger charge is -2.24. The molecule has 0 aliphatic rings. The molecule has 0 saturated heterocycles. The summed E-state index contributed by atoms with van der Waals surface area (Å²) in [4.78, 5) is 14.8. The van der Waals surface area contributed by atoms with Crippen LogP contribution in [0.1, 0.15) is 20.8 Å². The Bertz CT molecular complexity index is 945. The molecular weight excluding hydrogens is 392 g/mol. The number of carbonyl (C=O) groups is 1. The van der Waals surface area contributed by atoms with Crippen LogP contribution in [0.4, 0.5) is 5.69 Å². The Morgan fingerprint density at radius 2 is 1.89 bits per heavy atom. The first-order valence-electron chi connectivity index (χ1n) is 9.27. The Labute approximate surface area is 174 Å². The van der Waals surface area contributed by atoms with Crippen LogP contribution in [0.3, 0.4) is 0 Å². The van der Waals surface area contributed by atoms with Crippen molar-refractivity contribution in [1.82, 2.24) is 14.8 Å². The van der Waals surface area contributed by atoms with Crippen LogP contribution in [-0.4, -0.2) is 32.5 Å². The summed E-state index contributed by atoms with van der Waals surface area (Å²) in [7, 11) is 0. The highest BCUT2D eigenvalue weighted by molar-refractivity contribution is 8.00. The molecule has 0 N–H and O–H groups in total. The van der Waals surface area contributed by atoms with Gasteiger partial charge in [0.25, 0.3) is 0 Å². The van der Waals surface area contributed by atoms with Crippen LogP contribution in [0, 0.1) is 0 Å². The first-order valence-corrected chi connectivity index (χ1v) is 10.5. The number of para-hydroxylation sites is 1. The summed E-state index contributed by atoms with van der Waals surface area (Å²) in [5.41, 5.74) is 1.81. The Morgan fingerprint density at radius 3 is 2.54 bits per heavy atom. The summed E-state index contributed by atoms with van der Waals surface area (Å²) < 4.78 is 2.01. The van der Waals surface area contributed by atoms with Crippen molar-refractivity contribution in [3.63, 3.8) is 0 Å². The van der Waals surface area contributed by atoms with Gasteiger partial charge in [-0.25, -0.2) is 0 Å². The number of carbonyl (C=O) groups excluding carboxylic acids is 1. The maximum atomic E-state index is 13.0. The molecule has 0 bridgehead atoms. The third-order valence-corrected chi connectivity index (χ3v) is 5.70. The van der Waals surface area contributed by atoms with Gasteiger partial charge in [0, 0.05) is 29.4 Å². The quantitative estimate of drug-likeness (QED) is 0.501. The van der Waals surface area contributed by atoms with E-state index >= 15 is 0 Å². The molecule has 0 fully saturated rings. The minimum atomic E-state index is -0.290. The largest absolute Gasteiger partial charge is 0.312 e. The van der Waals surface area contributed by atoms with E-state index in [1.807, 2.05) is 79.9 Å². The van der Waals surface area contributed by atoms with Gasteiger partial charge >= 0.3 is 0 Å². The van der Waals surface area contributed by atoms with Crippen LogP contribution in [0.2, 0.25) is 5.02 Å². The highest BCUT2D eigenvalue weighted by atomic mass is 35.5. The summed E-state index contributed by atoms with van der Waals surface area (Å²) in [5.74, 6) is 0.802. The van der Waals surface area contributed by atoms with Gasteiger partial charge in [-0.2, -0.15) is 0 Å². The standard InChI is InChI=1S/C21H23ClN4OS/c1-4-25(18-12-7-6-8-13-18)20(27)15(3)28-21-24-23-19(26(21)5-2)16-10-9-11-17(22)14-16/h6-15H,4-5H2,1-3H3. The summed E-state index contributed by atoms with van der Waals surface area (Å²) >= 11 is 7.55. The van der Waals surface area contributed by atoms with Crippen molar-refractivity contribution in [1.29, 1.82) is 0 Å². The lowest BCUT2D eigenvalue weighted by Crippen LogP contribution is -2.36. The monoisotopic (exact) mass is 414 g/mol. The average Bonchev–Trinajstić information content (AvgIpc) is 3.11. The van der Waals surface area contributed by atoms with Crippen molar-refractivity contribution in [2.45, 2.75) is 37.7 Å². The molecule has 3 aromatic rings. The lowest BCUT2D eigenvalue weighted by molar-refractivity contribution is -0.117. The van der Waals surface area contributed by atoms with Gasteiger partial charge in [-0.1, -0.05) is 53.7 Å². The Hall–Kier alpha value is -2.31. The molecule has 1 atom stereocenters. The number of hydrogen-bond donors (Lipinski definition) is 0. The number of amides is 1. The molecule has 1 amide bonds. The number of rotatable bonds is 7. The maximum Gasteiger partial charge on any atom is 0.240 e. The van der Waals surface area contributed by atoms with Gasteiger partial charge in [0.05, 0.1) is 5.25 Å². The summed E-state index contributed by atoms with van der Waals surface area (Å²) in [6.45, 7) is 7.24. The zero-order chi connectivity index (χ0) is 20.1. The maximum absolute atomic E-state index is 13.0. The molecule has 5 nitrogen and oxygen atoms in total. The lowest BCUT2D eigenvalue weighted by atomic mass is 10.2. The highest BCUT2D eigenvalue weighted by Crippen LogP contribution is 2.29. The molecule has 0 aliphatic carbocycles. The number of anilines is 1. The van der Waals surface area contributed by atoms with Crippen LogP contribution in [0.25, 0.3) is 11.4 Å². The van der Waals surface area contributed by atoms with Crippen LogP contribution < -0.4 is 4.90 Å². The number of benzene rings is 2. The molecule has 0 radical (unpaired) electrons. The van der Waals surface area contributed by atoms with E-state index in [4.69, 9.17) is 11.6 Å². The Morgan fingerprint density at radius 1 is 1.14 bits per heavy atom. The van der Waals surface area contributed by atoms with Crippen molar-refractivity contribution < 1.29 is 4.79 Å². The van der Waals surface area contributed by atoms with Crippen LogP contribution in [0.5, 0.6) is 0 Å². The predicted octanol–water partition coefficient (Wildman–Crippen LogP) is 5.15. The van der Waals surface area contributed by atoms with Gasteiger partial charge in [-0.05, 0) is 45.0 Å². The van der Waals surface area contributed by atoms with E-state index in [2.05, 4.69) is 10.2 Å². The van der Waals surface area contributed by atoms with E-state index in [0.29, 0.717) is 18.1 Å². The van der Waals surface area contributed by atoms with Gasteiger partial charge in [0.1, 0.15) is 0 Å². The minimum Gasteiger partial charge on any atom is -0.312 e. The van der Waals surface area contributed by atoms with Crippen molar-refractivity contribution in [2.75, 3.05) is 11.4 Å². The molecular formula is C21H23ClN4OS. The van der Waals surface area contributed by atoms with Gasteiger partial charge in [0.15, 0.2) is 11.0 Å². The molecule has 0 saturated carbocycles. The molecule has 1 unspecified atom stereocenters. The summed E-state index contributed by atoms with van der Waals surface area (Å²) in [5, 5.41) is 9.77. The van der Waals surface area contributed by atoms with Crippen molar-refractivity contribution in [3.8, 4) is 11.4 Å². The van der Waals surface area contributed by atoms with E-state index in [1.54, 1.807) is 4.90 Å². The molecule has 2 aromatic carbocycles. The Kier molecular flexibility index (Phi) is 6.75. The normalized spacial score (nSPS) is 12.0. The first kappa shape index (κ1) is 20.4. The second-order valence-corrected chi connectivity index (χ2v) is 7.98. The molecule has 1 heterocycles. The molecule has 0 spiro atoms. The second-order valence-electron chi connectivity index (χ2n) is 6.24. The molecule has 0 aliphatic heterocycles. The predicted molar refractivity (Wildman–Crippen MR) is 116 cm³/mol. The topological polar surface area (TPSA) is 51.0 Å². The number of hydrogen-bond acceptors (Lipinski definition) is 4. The van der Waals surface area contributed by atoms with E-state index in [1.165, 1.54) is 11.8 Å². The minimum absolute atomic E-state index is 0.0497. The fourth-order valence-electron chi connectivity index (χ4n) is 3.00.